The molecule has 1 amide bonds. The molecular formula is C13H19NO2S. The lowest BCUT2D eigenvalue weighted by molar-refractivity contribution is 0.0915. The maximum atomic E-state index is 11.9. The van der Waals surface area contributed by atoms with Crippen LogP contribution in [-0.4, -0.2) is 24.2 Å². The van der Waals surface area contributed by atoms with Gasteiger partial charge in [-0.25, -0.2) is 0 Å². The molecule has 1 aliphatic rings. The molecule has 0 saturated carbocycles. The van der Waals surface area contributed by atoms with Gasteiger partial charge < -0.3 is 10.4 Å². The number of fused-ring (bicyclic) bond motifs is 1. The molecule has 2 N–H and O–H groups in total. The summed E-state index contributed by atoms with van der Waals surface area (Å²) in [5, 5.41) is 12.0. The van der Waals surface area contributed by atoms with Gasteiger partial charge >= 0.3 is 0 Å². The second-order valence-corrected chi connectivity index (χ2v) is 6.55. The topological polar surface area (TPSA) is 49.3 Å². The highest BCUT2D eigenvalue weighted by atomic mass is 32.1. The molecular weight excluding hydrogens is 234 g/mol. The molecule has 0 radical (unpaired) electrons. The Labute approximate surface area is 106 Å². The van der Waals surface area contributed by atoms with Crippen LogP contribution in [0.2, 0.25) is 0 Å². The Morgan fingerprint density at radius 1 is 1.53 bits per heavy atom. The van der Waals surface area contributed by atoms with E-state index >= 15 is 0 Å². The molecule has 0 aromatic carbocycles. The fraction of sp³-hybridized carbons (Fsp3) is 0.615. The highest BCUT2D eigenvalue weighted by Gasteiger charge is 2.21. The van der Waals surface area contributed by atoms with E-state index in [4.69, 9.17) is 5.11 Å². The van der Waals surface area contributed by atoms with Crippen molar-refractivity contribution in [1.82, 2.24) is 5.32 Å². The average molecular weight is 253 g/mol. The highest BCUT2D eigenvalue weighted by Crippen LogP contribution is 2.30. The number of aryl methyl sites for hydroxylation is 2. The van der Waals surface area contributed by atoms with Crippen LogP contribution in [0.25, 0.3) is 0 Å². The molecule has 4 heteroatoms. The molecule has 94 valence electrons. The van der Waals surface area contributed by atoms with E-state index in [1.54, 1.807) is 11.3 Å². The molecule has 17 heavy (non-hydrogen) atoms. The molecule has 0 saturated heterocycles. The summed E-state index contributed by atoms with van der Waals surface area (Å²) >= 11 is 1.61. The Balaban J connectivity index is 1.96. The lowest BCUT2D eigenvalue weighted by atomic mass is 9.95. The number of rotatable bonds is 4. The van der Waals surface area contributed by atoms with E-state index in [0.717, 1.165) is 17.7 Å². The monoisotopic (exact) mass is 253 g/mol. The second-order valence-electron chi connectivity index (χ2n) is 5.42. The van der Waals surface area contributed by atoms with Crippen molar-refractivity contribution in [1.29, 1.82) is 0 Å². The molecule has 2 rings (SSSR count). The van der Waals surface area contributed by atoms with Gasteiger partial charge in [0.05, 0.1) is 4.88 Å². The summed E-state index contributed by atoms with van der Waals surface area (Å²) in [6.07, 6.45) is 3.46. The quantitative estimate of drug-likeness (QED) is 0.862. The van der Waals surface area contributed by atoms with Crippen molar-refractivity contribution < 1.29 is 9.90 Å². The number of aliphatic hydroxyl groups is 1. The fourth-order valence-corrected chi connectivity index (χ4v) is 3.07. The molecule has 0 aliphatic heterocycles. The number of amides is 1. The lowest BCUT2D eigenvalue weighted by Gasteiger charge is -2.21. The van der Waals surface area contributed by atoms with Crippen molar-refractivity contribution >= 4 is 17.2 Å². The smallest absolute Gasteiger partial charge is 0.261 e. The Kier molecular flexibility index (Phi) is 3.54. The third-order valence-electron chi connectivity index (χ3n) is 3.13. The number of hydrogen-bond donors (Lipinski definition) is 2. The Hall–Kier alpha value is -0.870. The van der Waals surface area contributed by atoms with Crippen molar-refractivity contribution in [3.05, 3.63) is 21.4 Å². The van der Waals surface area contributed by atoms with Crippen LogP contribution in [0.5, 0.6) is 0 Å². The van der Waals surface area contributed by atoms with Gasteiger partial charge in [0, 0.05) is 23.4 Å². The first-order chi connectivity index (χ1) is 8.02. The van der Waals surface area contributed by atoms with Crippen LogP contribution < -0.4 is 5.32 Å². The molecule has 0 spiro atoms. The van der Waals surface area contributed by atoms with E-state index in [9.17, 15) is 4.79 Å². The normalized spacial score (nSPS) is 14.8. The van der Waals surface area contributed by atoms with Crippen molar-refractivity contribution in [3.63, 3.8) is 0 Å². The number of hydrogen-bond acceptors (Lipinski definition) is 3. The molecule has 0 atom stereocenters. The third kappa shape index (κ3) is 2.87. The van der Waals surface area contributed by atoms with Gasteiger partial charge in [0.1, 0.15) is 0 Å². The van der Waals surface area contributed by atoms with Gasteiger partial charge in [-0.15, -0.1) is 11.3 Å². The van der Waals surface area contributed by atoms with E-state index in [0.29, 0.717) is 6.54 Å². The van der Waals surface area contributed by atoms with E-state index in [1.807, 2.05) is 19.9 Å². The summed E-state index contributed by atoms with van der Waals surface area (Å²) in [6.45, 7) is 4.45. The zero-order chi connectivity index (χ0) is 12.5. The average Bonchev–Trinajstić information content (AvgIpc) is 2.86. The van der Waals surface area contributed by atoms with Gasteiger partial charge in [0.2, 0.25) is 0 Å². The van der Waals surface area contributed by atoms with Crippen LogP contribution >= 0.6 is 11.3 Å². The SMILES string of the molecule is CC(C)(CO)CNC(=O)c1cc2c(s1)CCC2. The Bertz CT molecular complexity index is 402. The molecule has 1 heterocycles. The summed E-state index contributed by atoms with van der Waals surface area (Å²) in [5.74, 6) is -0.00840. The molecule has 1 aromatic rings. The van der Waals surface area contributed by atoms with Crippen molar-refractivity contribution in [3.8, 4) is 0 Å². The van der Waals surface area contributed by atoms with Gasteiger partial charge in [0.15, 0.2) is 0 Å². The summed E-state index contributed by atoms with van der Waals surface area (Å²) in [7, 11) is 0. The minimum Gasteiger partial charge on any atom is -0.396 e. The largest absolute Gasteiger partial charge is 0.396 e. The van der Waals surface area contributed by atoms with Gasteiger partial charge in [0.25, 0.3) is 5.91 Å². The van der Waals surface area contributed by atoms with E-state index in [2.05, 4.69) is 5.32 Å². The number of thiophene rings is 1. The third-order valence-corrected chi connectivity index (χ3v) is 4.36. The first-order valence-electron chi connectivity index (χ1n) is 6.02. The summed E-state index contributed by atoms with van der Waals surface area (Å²) < 4.78 is 0. The molecule has 0 unspecified atom stereocenters. The Morgan fingerprint density at radius 2 is 2.29 bits per heavy atom. The maximum absolute atomic E-state index is 11.9. The van der Waals surface area contributed by atoms with Crippen LogP contribution in [0.4, 0.5) is 0 Å². The van der Waals surface area contributed by atoms with Gasteiger partial charge in [-0.1, -0.05) is 13.8 Å². The van der Waals surface area contributed by atoms with Gasteiger partial charge in [-0.05, 0) is 30.9 Å². The standard InChI is InChI=1S/C13H19NO2S/c1-13(2,8-15)7-14-12(16)11-6-9-4-3-5-10(9)17-11/h6,15H,3-5,7-8H2,1-2H3,(H,14,16). The van der Waals surface area contributed by atoms with Crippen molar-refractivity contribution in [2.75, 3.05) is 13.2 Å². The number of nitrogens with one attached hydrogen (secondary N) is 1. The minimum atomic E-state index is -0.254. The van der Waals surface area contributed by atoms with E-state index in [1.165, 1.54) is 16.9 Å². The summed E-state index contributed by atoms with van der Waals surface area (Å²) in [4.78, 5) is 14.1. The summed E-state index contributed by atoms with van der Waals surface area (Å²) in [6, 6.07) is 2.02. The maximum Gasteiger partial charge on any atom is 0.261 e. The Morgan fingerprint density at radius 3 is 2.94 bits per heavy atom. The predicted molar refractivity (Wildman–Crippen MR) is 69.5 cm³/mol. The van der Waals surface area contributed by atoms with E-state index < -0.39 is 0 Å². The lowest BCUT2D eigenvalue weighted by Crippen LogP contribution is -2.35. The first kappa shape index (κ1) is 12.6. The minimum absolute atomic E-state index is 0.00840. The van der Waals surface area contributed by atoms with Gasteiger partial charge in [-0.3, -0.25) is 4.79 Å². The molecule has 0 fully saturated rings. The van der Waals surface area contributed by atoms with Gasteiger partial charge in [-0.2, -0.15) is 0 Å². The van der Waals surface area contributed by atoms with Crippen LogP contribution in [-0.2, 0) is 12.8 Å². The van der Waals surface area contributed by atoms with Crippen LogP contribution in [0.1, 0.15) is 40.4 Å². The predicted octanol–water partition coefficient (Wildman–Crippen LogP) is 1.99. The fourth-order valence-electron chi connectivity index (χ4n) is 1.90. The zero-order valence-corrected chi connectivity index (χ0v) is 11.2. The number of carbonyl (C=O) groups is 1. The molecule has 1 aliphatic carbocycles. The number of aliphatic hydroxyl groups excluding tert-OH is 1. The highest BCUT2D eigenvalue weighted by molar-refractivity contribution is 7.14. The van der Waals surface area contributed by atoms with Crippen molar-refractivity contribution in [2.24, 2.45) is 5.41 Å². The molecule has 0 bridgehead atoms. The van der Waals surface area contributed by atoms with E-state index in [-0.39, 0.29) is 17.9 Å². The van der Waals surface area contributed by atoms with Crippen LogP contribution in [0.3, 0.4) is 0 Å². The second kappa shape index (κ2) is 4.78. The first-order valence-corrected chi connectivity index (χ1v) is 6.84. The molecule has 1 aromatic heterocycles. The number of carbonyl (C=O) groups excluding carboxylic acids is 1. The van der Waals surface area contributed by atoms with Crippen molar-refractivity contribution in [2.45, 2.75) is 33.1 Å². The van der Waals surface area contributed by atoms with Crippen LogP contribution in [0.15, 0.2) is 6.07 Å². The summed E-state index contributed by atoms with van der Waals surface area (Å²) in [5.41, 5.74) is 1.09. The van der Waals surface area contributed by atoms with Crippen LogP contribution in [0, 0.1) is 5.41 Å². The molecule has 3 nitrogen and oxygen atoms in total. The zero-order valence-electron chi connectivity index (χ0n) is 10.4.